The summed E-state index contributed by atoms with van der Waals surface area (Å²) in [7, 11) is -3.39. The van der Waals surface area contributed by atoms with Crippen molar-refractivity contribution in [2.75, 3.05) is 32.7 Å². The summed E-state index contributed by atoms with van der Waals surface area (Å²) in [5, 5.41) is 4.85. The lowest BCUT2D eigenvalue weighted by atomic mass is 9.97. The van der Waals surface area contributed by atoms with E-state index in [0.717, 1.165) is 13.0 Å². The molecule has 8 heteroatoms. The van der Waals surface area contributed by atoms with Gasteiger partial charge >= 0.3 is 0 Å². The first-order valence-corrected chi connectivity index (χ1v) is 12.9. The molecule has 6 nitrogen and oxygen atoms in total. The van der Waals surface area contributed by atoms with Gasteiger partial charge in [0, 0.05) is 38.1 Å². The average molecular weight is 428 g/mol. The van der Waals surface area contributed by atoms with Crippen LogP contribution in [0.2, 0.25) is 0 Å². The van der Waals surface area contributed by atoms with Gasteiger partial charge in [0.2, 0.25) is 5.91 Å². The molecule has 0 aliphatic carbocycles. The summed E-state index contributed by atoms with van der Waals surface area (Å²) in [6.45, 7) is 6.05. The molecule has 0 bridgehead atoms. The van der Waals surface area contributed by atoms with Crippen LogP contribution in [-0.2, 0) is 14.8 Å². The Morgan fingerprint density at radius 3 is 2.68 bits per heavy atom. The van der Waals surface area contributed by atoms with Crippen molar-refractivity contribution in [3.63, 3.8) is 0 Å². The van der Waals surface area contributed by atoms with Crippen LogP contribution < -0.4 is 5.32 Å². The largest absolute Gasteiger partial charge is 0.356 e. The highest BCUT2D eigenvalue weighted by Crippen LogP contribution is 2.26. The molecule has 28 heavy (non-hydrogen) atoms. The smallest absolute Gasteiger partial charge is 0.252 e. The summed E-state index contributed by atoms with van der Waals surface area (Å²) < 4.78 is 27.0. The number of piperidine rings is 2. The van der Waals surface area contributed by atoms with Gasteiger partial charge < -0.3 is 10.2 Å². The van der Waals surface area contributed by atoms with E-state index in [9.17, 15) is 13.2 Å². The molecular formula is C20H33N3O3S2. The van der Waals surface area contributed by atoms with E-state index in [2.05, 4.69) is 17.1 Å². The first-order valence-electron chi connectivity index (χ1n) is 10.6. The third kappa shape index (κ3) is 5.34. The molecule has 2 aliphatic heterocycles. The molecule has 3 heterocycles. The molecule has 1 N–H and O–H groups in total. The number of hydrogen-bond donors (Lipinski definition) is 1. The minimum atomic E-state index is -3.39. The van der Waals surface area contributed by atoms with Gasteiger partial charge in [-0.2, -0.15) is 4.31 Å². The molecule has 2 aliphatic rings. The molecule has 1 aromatic rings. The van der Waals surface area contributed by atoms with Crippen LogP contribution in [-0.4, -0.2) is 62.3 Å². The second-order valence-electron chi connectivity index (χ2n) is 7.85. The number of likely N-dealkylation sites (tertiary alicyclic amines) is 1. The number of nitrogens with zero attached hydrogens (tertiary/aromatic N) is 2. The minimum Gasteiger partial charge on any atom is -0.356 e. The Kier molecular flexibility index (Phi) is 7.91. The van der Waals surface area contributed by atoms with Crippen molar-refractivity contribution in [1.82, 2.24) is 14.5 Å². The van der Waals surface area contributed by atoms with Crippen LogP contribution in [0.25, 0.3) is 0 Å². The molecule has 0 saturated carbocycles. The van der Waals surface area contributed by atoms with Crippen LogP contribution >= 0.6 is 11.3 Å². The number of thiophene rings is 1. The molecule has 2 saturated heterocycles. The first kappa shape index (κ1) is 21.7. The Morgan fingerprint density at radius 1 is 1.21 bits per heavy atom. The number of carbonyl (C=O) groups excluding carboxylic acids is 1. The summed E-state index contributed by atoms with van der Waals surface area (Å²) in [5.41, 5.74) is 0. The van der Waals surface area contributed by atoms with Crippen molar-refractivity contribution in [2.24, 2.45) is 5.92 Å². The van der Waals surface area contributed by atoms with E-state index in [-0.39, 0.29) is 11.8 Å². The minimum absolute atomic E-state index is 0.0758. The number of amides is 1. The molecule has 1 amide bonds. The second-order valence-corrected chi connectivity index (χ2v) is 11.0. The molecule has 2 fully saturated rings. The SMILES string of the molecule is CC[C@H]1CCCCN1CCCNC(=O)C1CCN(S(=O)(=O)c2cccs2)CC1. The van der Waals surface area contributed by atoms with Gasteiger partial charge in [-0.05, 0) is 56.5 Å². The van der Waals surface area contributed by atoms with Gasteiger partial charge in [-0.15, -0.1) is 11.3 Å². The average Bonchev–Trinajstić information content (AvgIpc) is 3.27. The van der Waals surface area contributed by atoms with Crippen molar-refractivity contribution in [1.29, 1.82) is 0 Å². The first-order chi connectivity index (χ1) is 13.5. The van der Waals surface area contributed by atoms with Crippen molar-refractivity contribution < 1.29 is 13.2 Å². The molecule has 0 aromatic carbocycles. The second kappa shape index (κ2) is 10.2. The van der Waals surface area contributed by atoms with Gasteiger partial charge in [-0.25, -0.2) is 8.42 Å². The van der Waals surface area contributed by atoms with Crippen LogP contribution in [0.5, 0.6) is 0 Å². The lowest BCUT2D eigenvalue weighted by molar-refractivity contribution is -0.126. The Balaban J connectivity index is 1.37. The molecule has 1 atom stereocenters. The van der Waals surface area contributed by atoms with Gasteiger partial charge in [-0.3, -0.25) is 4.79 Å². The van der Waals surface area contributed by atoms with E-state index in [4.69, 9.17) is 0 Å². The van der Waals surface area contributed by atoms with Crippen molar-refractivity contribution in [3.05, 3.63) is 17.5 Å². The van der Waals surface area contributed by atoms with E-state index in [1.165, 1.54) is 47.9 Å². The van der Waals surface area contributed by atoms with Crippen LogP contribution in [0, 0.1) is 5.92 Å². The zero-order valence-electron chi connectivity index (χ0n) is 16.8. The summed E-state index contributed by atoms with van der Waals surface area (Å²) in [6, 6.07) is 4.10. The summed E-state index contributed by atoms with van der Waals surface area (Å²) >= 11 is 1.24. The molecule has 1 aromatic heterocycles. The molecular weight excluding hydrogens is 394 g/mol. The Morgan fingerprint density at radius 2 is 2.00 bits per heavy atom. The predicted octanol–water partition coefficient (Wildman–Crippen LogP) is 2.92. The monoisotopic (exact) mass is 427 g/mol. The van der Waals surface area contributed by atoms with Gasteiger partial charge in [0.05, 0.1) is 0 Å². The molecule has 3 rings (SSSR count). The zero-order chi connectivity index (χ0) is 20.0. The van der Waals surface area contributed by atoms with Crippen molar-refractivity contribution in [2.45, 2.75) is 62.1 Å². The lowest BCUT2D eigenvalue weighted by Gasteiger charge is -2.35. The lowest BCUT2D eigenvalue weighted by Crippen LogP contribution is -2.43. The highest BCUT2D eigenvalue weighted by atomic mass is 32.2. The maximum atomic E-state index is 12.6. The number of rotatable bonds is 8. The van der Waals surface area contributed by atoms with Gasteiger partial charge in [0.25, 0.3) is 10.0 Å². The fourth-order valence-electron chi connectivity index (χ4n) is 4.35. The fraction of sp³-hybridized carbons (Fsp3) is 0.750. The third-order valence-corrected chi connectivity index (χ3v) is 9.33. The standard InChI is InChI=1S/C20H33N3O3S2/c1-2-18-7-3-4-12-22(18)13-6-11-21-20(24)17-9-14-23(15-10-17)28(25,26)19-8-5-16-27-19/h5,8,16-18H,2-4,6-7,9-15H2,1H3,(H,21,24)/t18-/m0/s1. The number of sulfonamides is 1. The van der Waals surface area contributed by atoms with E-state index >= 15 is 0 Å². The van der Waals surface area contributed by atoms with E-state index < -0.39 is 10.0 Å². The van der Waals surface area contributed by atoms with E-state index in [1.807, 2.05) is 0 Å². The number of carbonyl (C=O) groups is 1. The van der Waals surface area contributed by atoms with Crippen LogP contribution in [0.3, 0.4) is 0 Å². The fourth-order valence-corrected chi connectivity index (χ4v) is 6.96. The van der Waals surface area contributed by atoms with E-state index in [0.29, 0.717) is 42.7 Å². The maximum absolute atomic E-state index is 12.6. The zero-order valence-corrected chi connectivity index (χ0v) is 18.4. The Labute approximate surface area is 173 Å². The number of hydrogen-bond acceptors (Lipinski definition) is 5. The van der Waals surface area contributed by atoms with Gasteiger partial charge in [-0.1, -0.05) is 19.4 Å². The highest BCUT2D eigenvalue weighted by molar-refractivity contribution is 7.91. The summed E-state index contributed by atoms with van der Waals surface area (Å²) in [4.78, 5) is 15.0. The molecule has 0 spiro atoms. The third-order valence-electron chi connectivity index (χ3n) is 6.06. The van der Waals surface area contributed by atoms with Crippen LogP contribution in [0.1, 0.15) is 51.9 Å². The van der Waals surface area contributed by atoms with Gasteiger partial charge in [0.1, 0.15) is 4.21 Å². The van der Waals surface area contributed by atoms with Crippen LogP contribution in [0.15, 0.2) is 21.7 Å². The molecule has 158 valence electrons. The highest BCUT2D eigenvalue weighted by Gasteiger charge is 2.32. The number of nitrogens with one attached hydrogen (secondary N) is 1. The van der Waals surface area contributed by atoms with Gasteiger partial charge in [0.15, 0.2) is 0 Å². The van der Waals surface area contributed by atoms with E-state index in [1.54, 1.807) is 17.5 Å². The predicted molar refractivity (Wildman–Crippen MR) is 113 cm³/mol. The molecule has 0 unspecified atom stereocenters. The van der Waals surface area contributed by atoms with Crippen molar-refractivity contribution in [3.8, 4) is 0 Å². The maximum Gasteiger partial charge on any atom is 0.252 e. The topological polar surface area (TPSA) is 69.7 Å². The Hall–Kier alpha value is -0.960. The quantitative estimate of drug-likeness (QED) is 0.648. The van der Waals surface area contributed by atoms with Crippen molar-refractivity contribution >= 4 is 27.3 Å². The summed E-state index contributed by atoms with van der Waals surface area (Å²) in [5.74, 6) is 0.00650. The summed E-state index contributed by atoms with van der Waals surface area (Å²) in [6.07, 6.45) is 7.31. The normalized spacial score (nSPS) is 23.0. The van der Waals surface area contributed by atoms with Crippen LogP contribution in [0.4, 0.5) is 0 Å². The Bertz CT molecular complexity index is 713. The molecule has 0 radical (unpaired) electrons.